The third kappa shape index (κ3) is 4.19. The first-order valence-electron chi connectivity index (χ1n) is 8.31. The molecule has 3 rings (SSSR count). The summed E-state index contributed by atoms with van der Waals surface area (Å²) in [6.45, 7) is 4.12. The second-order valence-electron chi connectivity index (χ2n) is 6.09. The second kappa shape index (κ2) is 7.70. The minimum Gasteiger partial charge on any atom is -0.496 e. The van der Waals surface area contributed by atoms with Crippen molar-refractivity contribution in [3.8, 4) is 5.75 Å². The summed E-state index contributed by atoms with van der Waals surface area (Å²) in [6.07, 6.45) is 1.62. The van der Waals surface area contributed by atoms with Gasteiger partial charge in [0.2, 0.25) is 0 Å². The van der Waals surface area contributed by atoms with Crippen LogP contribution in [0.15, 0.2) is 60.8 Å². The molecule has 26 heavy (non-hydrogen) atoms. The van der Waals surface area contributed by atoms with E-state index in [0.717, 1.165) is 5.69 Å². The van der Waals surface area contributed by atoms with Gasteiger partial charge in [-0.2, -0.15) is 0 Å². The Kier molecular flexibility index (Phi) is 5.17. The number of benzene rings is 2. The minimum absolute atomic E-state index is 0.237. The van der Waals surface area contributed by atoms with Crippen molar-refractivity contribution in [2.75, 3.05) is 17.7 Å². The summed E-state index contributed by atoms with van der Waals surface area (Å²) in [7, 11) is 1.54. The van der Waals surface area contributed by atoms with E-state index in [-0.39, 0.29) is 5.91 Å². The molecule has 0 aliphatic carbocycles. The third-order valence-electron chi connectivity index (χ3n) is 3.87. The maximum atomic E-state index is 12.4. The molecule has 0 radical (unpaired) electrons. The maximum absolute atomic E-state index is 12.4. The van der Waals surface area contributed by atoms with Gasteiger partial charge in [0, 0.05) is 5.69 Å². The molecule has 0 bridgehead atoms. The first-order chi connectivity index (χ1) is 12.5. The Labute approximate surface area is 153 Å². The molecule has 0 saturated heterocycles. The zero-order valence-corrected chi connectivity index (χ0v) is 15.0. The van der Waals surface area contributed by atoms with Crippen molar-refractivity contribution in [2.45, 2.75) is 13.8 Å². The van der Waals surface area contributed by atoms with E-state index < -0.39 is 0 Å². The number of aryl methyl sites for hydroxylation is 2. The Bertz CT molecular complexity index is 901. The molecule has 1 amide bonds. The monoisotopic (exact) mass is 347 g/mol. The van der Waals surface area contributed by atoms with Crippen molar-refractivity contribution < 1.29 is 9.53 Å². The Hall–Kier alpha value is -3.34. The first-order valence-corrected chi connectivity index (χ1v) is 8.31. The van der Waals surface area contributed by atoms with Gasteiger partial charge >= 0.3 is 0 Å². The van der Waals surface area contributed by atoms with Crippen LogP contribution in [0.3, 0.4) is 0 Å². The SMILES string of the molecule is COc1ccccc1C(=O)Nc1ccc(Nc2cc(C)cc(C)c2)nc1. The second-order valence-corrected chi connectivity index (χ2v) is 6.09. The highest BCUT2D eigenvalue weighted by atomic mass is 16.5. The van der Waals surface area contributed by atoms with E-state index >= 15 is 0 Å². The molecule has 2 N–H and O–H groups in total. The number of rotatable bonds is 5. The predicted octanol–water partition coefficient (Wildman–Crippen LogP) is 4.70. The lowest BCUT2D eigenvalue weighted by Crippen LogP contribution is -2.13. The Morgan fingerprint density at radius 2 is 1.69 bits per heavy atom. The van der Waals surface area contributed by atoms with Crippen LogP contribution in [0.2, 0.25) is 0 Å². The minimum atomic E-state index is -0.237. The molecule has 132 valence electrons. The van der Waals surface area contributed by atoms with Gasteiger partial charge in [-0.3, -0.25) is 4.79 Å². The van der Waals surface area contributed by atoms with Crippen LogP contribution in [-0.4, -0.2) is 18.0 Å². The number of methoxy groups -OCH3 is 1. The van der Waals surface area contributed by atoms with E-state index in [9.17, 15) is 4.79 Å². The number of ether oxygens (including phenoxy) is 1. The van der Waals surface area contributed by atoms with Gasteiger partial charge in [-0.15, -0.1) is 0 Å². The predicted molar refractivity (Wildman–Crippen MR) is 104 cm³/mol. The summed E-state index contributed by atoms with van der Waals surface area (Å²) in [4.78, 5) is 16.8. The highest BCUT2D eigenvalue weighted by Crippen LogP contribution is 2.21. The van der Waals surface area contributed by atoms with Crippen molar-refractivity contribution in [2.24, 2.45) is 0 Å². The molecule has 2 aromatic carbocycles. The number of nitrogens with zero attached hydrogens (tertiary/aromatic N) is 1. The zero-order chi connectivity index (χ0) is 18.5. The van der Waals surface area contributed by atoms with Crippen molar-refractivity contribution in [1.82, 2.24) is 4.98 Å². The van der Waals surface area contributed by atoms with E-state index in [1.807, 2.05) is 18.2 Å². The van der Waals surface area contributed by atoms with Crippen molar-refractivity contribution in [3.05, 3.63) is 77.5 Å². The van der Waals surface area contributed by atoms with E-state index in [4.69, 9.17) is 4.74 Å². The fourth-order valence-corrected chi connectivity index (χ4v) is 2.77. The van der Waals surface area contributed by atoms with E-state index in [1.165, 1.54) is 11.1 Å². The molecule has 0 aliphatic rings. The van der Waals surface area contributed by atoms with Crippen molar-refractivity contribution >= 4 is 23.1 Å². The van der Waals surface area contributed by atoms with Gasteiger partial charge in [-0.1, -0.05) is 18.2 Å². The van der Waals surface area contributed by atoms with Gasteiger partial charge in [0.05, 0.1) is 24.6 Å². The molecule has 0 fully saturated rings. The number of aromatic nitrogens is 1. The van der Waals surface area contributed by atoms with Crippen LogP contribution in [0.5, 0.6) is 5.75 Å². The molecular weight excluding hydrogens is 326 g/mol. The number of hydrogen-bond donors (Lipinski definition) is 2. The number of amides is 1. The van der Waals surface area contributed by atoms with Crippen molar-refractivity contribution in [3.63, 3.8) is 0 Å². The standard InChI is InChI=1S/C21H21N3O2/c1-14-10-15(2)12-17(11-14)23-20-9-8-16(13-22-20)24-21(25)18-6-4-5-7-19(18)26-3/h4-13H,1-3H3,(H,22,23)(H,24,25). The average Bonchev–Trinajstić information content (AvgIpc) is 2.62. The van der Waals surface area contributed by atoms with E-state index in [1.54, 1.807) is 31.5 Å². The lowest BCUT2D eigenvalue weighted by atomic mass is 10.1. The molecule has 5 nitrogen and oxygen atoms in total. The maximum Gasteiger partial charge on any atom is 0.259 e. The van der Waals surface area contributed by atoms with Gasteiger partial charge in [0.15, 0.2) is 0 Å². The highest BCUT2D eigenvalue weighted by Gasteiger charge is 2.11. The van der Waals surface area contributed by atoms with Gasteiger partial charge < -0.3 is 15.4 Å². The number of carbonyl (C=O) groups is 1. The van der Waals surface area contributed by atoms with Gasteiger partial charge in [0.25, 0.3) is 5.91 Å². The Morgan fingerprint density at radius 3 is 2.35 bits per heavy atom. The number of para-hydroxylation sites is 1. The first kappa shape index (κ1) is 17.5. The van der Waals surface area contributed by atoms with Gasteiger partial charge in [0.1, 0.15) is 11.6 Å². The Balaban J connectivity index is 1.70. The number of pyridine rings is 1. The summed E-state index contributed by atoms with van der Waals surface area (Å²) in [6, 6.07) is 17.0. The zero-order valence-electron chi connectivity index (χ0n) is 15.0. The van der Waals surface area contributed by atoms with E-state index in [0.29, 0.717) is 22.8 Å². The number of nitrogens with one attached hydrogen (secondary N) is 2. The largest absolute Gasteiger partial charge is 0.496 e. The van der Waals surface area contributed by atoms with Crippen LogP contribution < -0.4 is 15.4 Å². The molecule has 0 aliphatic heterocycles. The molecule has 1 aromatic heterocycles. The fourth-order valence-electron chi connectivity index (χ4n) is 2.77. The lowest BCUT2D eigenvalue weighted by Gasteiger charge is -2.10. The van der Waals surface area contributed by atoms with Crippen LogP contribution in [0.4, 0.5) is 17.2 Å². The fraction of sp³-hybridized carbons (Fsp3) is 0.143. The number of anilines is 3. The lowest BCUT2D eigenvalue weighted by molar-refractivity contribution is 0.102. The summed E-state index contributed by atoms with van der Waals surface area (Å²) >= 11 is 0. The third-order valence-corrected chi connectivity index (χ3v) is 3.87. The topological polar surface area (TPSA) is 63.2 Å². The highest BCUT2D eigenvalue weighted by molar-refractivity contribution is 6.06. The number of hydrogen-bond acceptors (Lipinski definition) is 4. The molecule has 1 heterocycles. The van der Waals surface area contributed by atoms with Crippen molar-refractivity contribution in [1.29, 1.82) is 0 Å². The normalized spacial score (nSPS) is 10.3. The smallest absolute Gasteiger partial charge is 0.259 e. The van der Waals surface area contributed by atoms with Gasteiger partial charge in [-0.25, -0.2) is 4.98 Å². The molecule has 3 aromatic rings. The van der Waals surface area contributed by atoms with Crippen LogP contribution in [0.1, 0.15) is 21.5 Å². The molecule has 0 unspecified atom stereocenters. The average molecular weight is 347 g/mol. The quantitative estimate of drug-likeness (QED) is 0.702. The van der Waals surface area contributed by atoms with Crippen LogP contribution >= 0.6 is 0 Å². The molecule has 5 heteroatoms. The summed E-state index contributed by atoms with van der Waals surface area (Å²) in [5.41, 5.74) is 4.46. The molecular formula is C21H21N3O2. The number of carbonyl (C=O) groups excluding carboxylic acids is 1. The Morgan fingerprint density at radius 1 is 0.962 bits per heavy atom. The van der Waals surface area contributed by atoms with Crippen LogP contribution in [-0.2, 0) is 0 Å². The van der Waals surface area contributed by atoms with Gasteiger partial charge in [-0.05, 0) is 61.4 Å². The molecule has 0 spiro atoms. The molecule has 0 saturated carbocycles. The summed E-state index contributed by atoms with van der Waals surface area (Å²) < 4.78 is 5.22. The summed E-state index contributed by atoms with van der Waals surface area (Å²) in [5, 5.41) is 6.11. The van der Waals surface area contributed by atoms with Crippen LogP contribution in [0.25, 0.3) is 0 Å². The van der Waals surface area contributed by atoms with Crippen LogP contribution in [0, 0.1) is 13.8 Å². The summed E-state index contributed by atoms with van der Waals surface area (Å²) in [5.74, 6) is 1.01. The van der Waals surface area contributed by atoms with E-state index in [2.05, 4.69) is 47.7 Å². The molecule has 0 atom stereocenters.